The fourth-order valence-electron chi connectivity index (χ4n) is 3.55. The monoisotopic (exact) mass is 463 g/mol. The predicted molar refractivity (Wildman–Crippen MR) is 111 cm³/mol. The average Bonchev–Trinajstić information content (AvgIpc) is 2.61. The van der Waals surface area contributed by atoms with Crippen molar-refractivity contribution < 1.29 is 31.2 Å². The molecule has 0 aliphatic carbocycles. The Labute approximate surface area is 180 Å². The fraction of sp³-hybridized carbons (Fsp3) is 0.600. The number of nitrogens with one attached hydrogen (secondary N) is 2. The standard InChI is InChI=1S/C20H28F3N3O4S/c1-12(2)15-6-5-7-16(13(3)4)18(15)24-19(28)25-31(29,30)14-8-9-26(17(27)10-14)11-20(21,22)23/h5-7,12-14H,8-11H2,1-4H3,(H2,24,25,28). The summed E-state index contributed by atoms with van der Waals surface area (Å²) in [4.78, 5) is 25.1. The van der Waals surface area contributed by atoms with Crippen LogP contribution in [0.25, 0.3) is 0 Å². The molecule has 2 rings (SSSR count). The molecule has 0 bridgehead atoms. The number of nitrogens with zero attached hydrogens (tertiary/aromatic N) is 1. The van der Waals surface area contributed by atoms with Crippen molar-refractivity contribution in [1.29, 1.82) is 0 Å². The Morgan fingerprint density at radius 2 is 1.71 bits per heavy atom. The summed E-state index contributed by atoms with van der Waals surface area (Å²) in [6, 6.07) is 4.58. The van der Waals surface area contributed by atoms with Crippen LogP contribution in [0.15, 0.2) is 18.2 Å². The lowest BCUT2D eigenvalue weighted by Crippen LogP contribution is -2.50. The summed E-state index contributed by atoms with van der Waals surface area (Å²) in [7, 11) is -4.26. The first-order chi connectivity index (χ1) is 14.2. The molecule has 0 aromatic heterocycles. The first-order valence-electron chi connectivity index (χ1n) is 10.0. The number of carbonyl (C=O) groups excluding carboxylic acids is 2. The quantitative estimate of drug-likeness (QED) is 0.668. The zero-order valence-corrected chi connectivity index (χ0v) is 18.7. The molecular formula is C20H28F3N3O4S. The highest BCUT2D eigenvalue weighted by atomic mass is 32.2. The van der Waals surface area contributed by atoms with Crippen LogP contribution in [0.5, 0.6) is 0 Å². The van der Waals surface area contributed by atoms with Gasteiger partial charge in [0.05, 0.1) is 5.25 Å². The number of alkyl halides is 3. The third kappa shape index (κ3) is 6.59. The number of carbonyl (C=O) groups is 2. The van der Waals surface area contributed by atoms with Crippen LogP contribution < -0.4 is 10.0 Å². The first kappa shape index (κ1) is 25.0. The zero-order chi connectivity index (χ0) is 23.6. The number of sulfonamides is 1. The number of likely N-dealkylation sites (tertiary alicyclic amines) is 1. The van der Waals surface area contributed by atoms with Crippen molar-refractivity contribution in [2.45, 2.75) is 63.8 Å². The van der Waals surface area contributed by atoms with Crippen molar-refractivity contribution in [3.63, 3.8) is 0 Å². The van der Waals surface area contributed by atoms with E-state index in [1.165, 1.54) is 0 Å². The smallest absolute Gasteiger partial charge is 0.334 e. The third-order valence-electron chi connectivity index (χ3n) is 5.13. The number of urea groups is 1. The number of benzene rings is 1. The molecule has 11 heteroatoms. The molecule has 31 heavy (non-hydrogen) atoms. The lowest BCUT2D eigenvalue weighted by atomic mass is 9.93. The topological polar surface area (TPSA) is 95.6 Å². The van der Waals surface area contributed by atoms with Gasteiger partial charge in [-0.05, 0) is 29.4 Å². The molecule has 174 valence electrons. The molecule has 1 atom stereocenters. The molecule has 0 saturated carbocycles. The summed E-state index contributed by atoms with van der Waals surface area (Å²) in [5.41, 5.74) is 2.21. The second-order valence-electron chi connectivity index (χ2n) is 8.27. The van der Waals surface area contributed by atoms with E-state index in [1.807, 2.05) is 50.6 Å². The lowest BCUT2D eigenvalue weighted by molar-refractivity contribution is -0.163. The highest BCUT2D eigenvalue weighted by molar-refractivity contribution is 7.90. The minimum absolute atomic E-state index is 0.0705. The van der Waals surface area contributed by atoms with Crippen molar-refractivity contribution in [3.05, 3.63) is 29.3 Å². The van der Waals surface area contributed by atoms with Crippen LogP contribution >= 0.6 is 0 Å². The summed E-state index contributed by atoms with van der Waals surface area (Å²) in [5, 5.41) is 1.34. The third-order valence-corrected chi connectivity index (χ3v) is 6.88. The molecule has 0 spiro atoms. The largest absolute Gasteiger partial charge is 0.406 e. The van der Waals surface area contributed by atoms with E-state index in [0.717, 1.165) is 11.1 Å². The van der Waals surface area contributed by atoms with Gasteiger partial charge in [-0.3, -0.25) is 4.79 Å². The minimum Gasteiger partial charge on any atom is -0.334 e. The van der Waals surface area contributed by atoms with Crippen molar-refractivity contribution in [3.8, 4) is 0 Å². The summed E-state index contributed by atoms with van der Waals surface area (Å²) in [6.07, 6.45) is -5.36. The van der Waals surface area contributed by atoms with Crippen LogP contribution in [0, 0.1) is 0 Å². The first-order valence-corrected chi connectivity index (χ1v) is 11.6. The van der Waals surface area contributed by atoms with Gasteiger partial charge in [-0.1, -0.05) is 45.9 Å². The SMILES string of the molecule is CC(C)c1cccc(C(C)C)c1NC(=O)NS(=O)(=O)C1CCN(CC(F)(F)F)C(=O)C1. The number of para-hydroxylation sites is 1. The number of anilines is 1. The van der Waals surface area contributed by atoms with Gasteiger partial charge in [0.25, 0.3) is 0 Å². The Bertz CT molecular complexity index is 904. The molecule has 1 fully saturated rings. The molecular weight excluding hydrogens is 435 g/mol. The molecule has 1 unspecified atom stereocenters. The molecule has 1 aromatic carbocycles. The second-order valence-corrected chi connectivity index (χ2v) is 10.2. The van der Waals surface area contributed by atoms with Crippen LogP contribution in [0.2, 0.25) is 0 Å². The number of piperidine rings is 1. The van der Waals surface area contributed by atoms with Gasteiger partial charge in [0, 0.05) is 18.7 Å². The van der Waals surface area contributed by atoms with E-state index in [9.17, 15) is 31.2 Å². The van der Waals surface area contributed by atoms with Gasteiger partial charge in [0.15, 0.2) is 0 Å². The van der Waals surface area contributed by atoms with E-state index in [4.69, 9.17) is 0 Å². The molecule has 1 heterocycles. The summed E-state index contributed by atoms with van der Waals surface area (Å²) in [5.74, 6) is -0.769. The van der Waals surface area contributed by atoms with E-state index < -0.39 is 46.4 Å². The molecule has 2 N–H and O–H groups in total. The number of hydrogen-bond donors (Lipinski definition) is 2. The van der Waals surface area contributed by atoms with Gasteiger partial charge in [-0.25, -0.2) is 17.9 Å². The van der Waals surface area contributed by atoms with Crippen LogP contribution in [0.3, 0.4) is 0 Å². The minimum atomic E-state index is -4.56. The molecule has 0 radical (unpaired) electrons. The molecule has 7 nitrogen and oxygen atoms in total. The van der Waals surface area contributed by atoms with E-state index in [-0.39, 0.29) is 24.8 Å². The molecule has 1 aromatic rings. The van der Waals surface area contributed by atoms with Crippen LogP contribution in [0.1, 0.15) is 63.5 Å². The highest BCUT2D eigenvalue weighted by Gasteiger charge is 2.40. The Morgan fingerprint density at radius 1 is 1.16 bits per heavy atom. The van der Waals surface area contributed by atoms with Crippen LogP contribution in [-0.2, 0) is 14.8 Å². The van der Waals surface area contributed by atoms with Crippen molar-refractivity contribution >= 4 is 27.6 Å². The van der Waals surface area contributed by atoms with Gasteiger partial charge in [0.1, 0.15) is 6.54 Å². The number of halogens is 3. The van der Waals surface area contributed by atoms with Crippen LogP contribution in [0.4, 0.5) is 23.7 Å². The summed E-state index contributed by atoms with van der Waals surface area (Å²) >= 11 is 0. The van der Waals surface area contributed by atoms with Gasteiger partial charge < -0.3 is 10.2 Å². The fourth-order valence-corrected chi connectivity index (χ4v) is 4.80. The maximum atomic E-state index is 12.6. The van der Waals surface area contributed by atoms with Crippen molar-refractivity contribution in [2.24, 2.45) is 0 Å². The van der Waals surface area contributed by atoms with Crippen LogP contribution in [-0.4, -0.2) is 49.8 Å². The number of amides is 3. The maximum absolute atomic E-state index is 12.6. The van der Waals surface area contributed by atoms with Gasteiger partial charge in [-0.2, -0.15) is 13.2 Å². The number of rotatable bonds is 6. The van der Waals surface area contributed by atoms with E-state index in [2.05, 4.69) is 5.32 Å². The van der Waals surface area contributed by atoms with Crippen molar-refractivity contribution in [1.82, 2.24) is 9.62 Å². The van der Waals surface area contributed by atoms with Crippen molar-refractivity contribution in [2.75, 3.05) is 18.4 Å². The Morgan fingerprint density at radius 3 is 2.16 bits per heavy atom. The molecule has 1 aliphatic heterocycles. The van der Waals surface area contributed by atoms with E-state index in [0.29, 0.717) is 10.6 Å². The Balaban J connectivity index is 2.12. The summed E-state index contributed by atoms with van der Waals surface area (Å²) < 4.78 is 64.7. The lowest BCUT2D eigenvalue weighted by Gasteiger charge is -2.31. The second kappa shape index (κ2) is 9.46. The van der Waals surface area contributed by atoms with Gasteiger partial charge in [-0.15, -0.1) is 0 Å². The molecule has 1 aliphatic rings. The number of hydrogen-bond acceptors (Lipinski definition) is 4. The Kier molecular flexibility index (Phi) is 7.61. The van der Waals surface area contributed by atoms with Gasteiger partial charge >= 0.3 is 12.2 Å². The van der Waals surface area contributed by atoms with E-state index in [1.54, 1.807) is 0 Å². The van der Waals surface area contributed by atoms with Gasteiger partial charge in [0.2, 0.25) is 15.9 Å². The maximum Gasteiger partial charge on any atom is 0.406 e. The Hall–Kier alpha value is -2.30. The molecule has 3 amide bonds. The summed E-state index contributed by atoms with van der Waals surface area (Å²) in [6.45, 7) is 6.01. The molecule has 1 saturated heterocycles. The zero-order valence-electron chi connectivity index (χ0n) is 17.9. The predicted octanol–water partition coefficient (Wildman–Crippen LogP) is 3.94. The average molecular weight is 464 g/mol. The normalized spacial score (nSPS) is 17.9. The van der Waals surface area contributed by atoms with E-state index >= 15 is 0 Å². The highest BCUT2D eigenvalue weighted by Crippen LogP contribution is 2.32.